The Balaban J connectivity index is 2.29. The standard InChI is InChI=1S/C23H32O3/c1-11-13(3)17(7)21(18(8)14(11)4)25-23(24)26-22-19(9)15(5)12(2)16(6)20(22)10/h17,21H,1-10H3. The number of hydrogen-bond donors (Lipinski definition) is 0. The Morgan fingerprint density at radius 1 is 0.692 bits per heavy atom. The fraction of sp³-hybridized carbons (Fsp3) is 0.522. The highest BCUT2D eigenvalue weighted by molar-refractivity contribution is 5.68. The second-order valence-corrected chi connectivity index (χ2v) is 7.75. The first kappa shape index (κ1) is 20.3. The molecule has 0 fully saturated rings. The summed E-state index contributed by atoms with van der Waals surface area (Å²) in [7, 11) is 0. The smallest absolute Gasteiger partial charge is 0.425 e. The molecule has 0 saturated heterocycles. The van der Waals surface area contributed by atoms with E-state index in [2.05, 4.69) is 48.5 Å². The Kier molecular flexibility index (Phi) is 5.70. The Labute approximate surface area is 158 Å². The summed E-state index contributed by atoms with van der Waals surface area (Å²) < 4.78 is 11.5. The summed E-state index contributed by atoms with van der Waals surface area (Å²) in [6.45, 7) is 20.7. The molecule has 0 radical (unpaired) electrons. The van der Waals surface area contributed by atoms with Crippen LogP contribution in [-0.2, 0) is 4.74 Å². The third-order valence-electron chi connectivity index (χ3n) is 6.65. The molecule has 2 rings (SSSR count). The molecular weight excluding hydrogens is 324 g/mol. The molecule has 1 aliphatic carbocycles. The molecule has 0 saturated carbocycles. The number of allylic oxidation sites excluding steroid dienone is 2. The van der Waals surface area contributed by atoms with Gasteiger partial charge in [0.1, 0.15) is 11.9 Å². The zero-order valence-electron chi connectivity index (χ0n) is 17.9. The quantitative estimate of drug-likeness (QED) is 0.452. The van der Waals surface area contributed by atoms with E-state index in [0.29, 0.717) is 5.75 Å². The molecule has 2 unspecified atom stereocenters. The van der Waals surface area contributed by atoms with Crippen LogP contribution in [0.4, 0.5) is 4.79 Å². The van der Waals surface area contributed by atoms with Crippen molar-refractivity contribution < 1.29 is 14.3 Å². The van der Waals surface area contributed by atoms with E-state index in [1.165, 1.54) is 22.3 Å². The molecule has 0 bridgehead atoms. The lowest BCUT2D eigenvalue weighted by Gasteiger charge is -2.32. The monoisotopic (exact) mass is 356 g/mol. The zero-order valence-corrected chi connectivity index (χ0v) is 17.9. The first-order valence-electron chi connectivity index (χ1n) is 9.29. The highest BCUT2D eigenvalue weighted by Crippen LogP contribution is 2.37. The van der Waals surface area contributed by atoms with Gasteiger partial charge in [0.15, 0.2) is 0 Å². The SMILES string of the molecule is CC1=C(C)C(C)C(OC(=O)Oc2c(C)c(C)c(C)c(C)c2C)C(C)=C1C. The van der Waals surface area contributed by atoms with Gasteiger partial charge in [0.2, 0.25) is 0 Å². The fourth-order valence-electron chi connectivity index (χ4n) is 3.77. The van der Waals surface area contributed by atoms with Crippen molar-refractivity contribution in [2.24, 2.45) is 5.92 Å². The van der Waals surface area contributed by atoms with E-state index in [4.69, 9.17) is 9.47 Å². The predicted molar refractivity (Wildman–Crippen MR) is 107 cm³/mol. The molecular formula is C23H32O3. The summed E-state index contributed by atoms with van der Waals surface area (Å²) in [4.78, 5) is 12.6. The molecule has 0 aromatic heterocycles. The normalized spacial score (nSPS) is 20.5. The first-order chi connectivity index (χ1) is 12.0. The van der Waals surface area contributed by atoms with E-state index in [1.807, 2.05) is 20.8 Å². The van der Waals surface area contributed by atoms with Crippen molar-refractivity contribution in [2.45, 2.75) is 75.3 Å². The minimum atomic E-state index is -0.629. The van der Waals surface area contributed by atoms with Gasteiger partial charge in [-0.15, -0.1) is 0 Å². The van der Waals surface area contributed by atoms with Crippen LogP contribution in [0, 0.1) is 40.5 Å². The molecule has 3 heteroatoms. The molecule has 142 valence electrons. The van der Waals surface area contributed by atoms with Gasteiger partial charge >= 0.3 is 6.16 Å². The maximum absolute atomic E-state index is 12.6. The van der Waals surface area contributed by atoms with Crippen LogP contribution in [0.3, 0.4) is 0 Å². The summed E-state index contributed by atoms with van der Waals surface area (Å²) in [6.07, 6.45) is -0.908. The Hall–Kier alpha value is -2.03. The second kappa shape index (κ2) is 7.30. The maximum atomic E-state index is 12.6. The molecule has 0 N–H and O–H groups in total. The lowest BCUT2D eigenvalue weighted by molar-refractivity contribution is 0.0551. The Morgan fingerprint density at radius 2 is 1.12 bits per heavy atom. The molecule has 1 aromatic carbocycles. The number of hydrogen-bond acceptors (Lipinski definition) is 3. The largest absolute Gasteiger partial charge is 0.514 e. The van der Waals surface area contributed by atoms with Crippen LogP contribution >= 0.6 is 0 Å². The molecule has 0 spiro atoms. The van der Waals surface area contributed by atoms with Gasteiger partial charge in [-0.05, 0) is 107 Å². The van der Waals surface area contributed by atoms with Gasteiger partial charge in [0.25, 0.3) is 0 Å². The summed E-state index contributed by atoms with van der Waals surface area (Å²) >= 11 is 0. The topological polar surface area (TPSA) is 35.5 Å². The van der Waals surface area contributed by atoms with E-state index in [0.717, 1.165) is 27.8 Å². The third-order valence-corrected chi connectivity index (χ3v) is 6.65. The molecule has 3 nitrogen and oxygen atoms in total. The Morgan fingerprint density at radius 3 is 1.62 bits per heavy atom. The van der Waals surface area contributed by atoms with Gasteiger partial charge in [-0.3, -0.25) is 0 Å². The van der Waals surface area contributed by atoms with Crippen molar-refractivity contribution >= 4 is 6.16 Å². The molecule has 2 atom stereocenters. The average Bonchev–Trinajstić information content (AvgIpc) is 2.62. The Bertz CT molecular complexity index is 795. The predicted octanol–water partition coefficient (Wildman–Crippen LogP) is 6.44. The van der Waals surface area contributed by atoms with E-state index in [9.17, 15) is 4.79 Å². The van der Waals surface area contributed by atoms with Gasteiger partial charge in [0, 0.05) is 5.92 Å². The molecule has 26 heavy (non-hydrogen) atoms. The van der Waals surface area contributed by atoms with E-state index in [1.54, 1.807) is 0 Å². The van der Waals surface area contributed by atoms with Crippen molar-refractivity contribution in [3.05, 3.63) is 50.1 Å². The number of ether oxygens (including phenoxy) is 2. The van der Waals surface area contributed by atoms with Gasteiger partial charge in [-0.2, -0.15) is 0 Å². The summed E-state index contributed by atoms with van der Waals surface area (Å²) in [5, 5.41) is 0. The van der Waals surface area contributed by atoms with Gasteiger partial charge < -0.3 is 9.47 Å². The van der Waals surface area contributed by atoms with Crippen molar-refractivity contribution in [3.63, 3.8) is 0 Å². The lowest BCUT2D eigenvalue weighted by atomic mass is 9.79. The number of carbonyl (C=O) groups is 1. The lowest BCUT2D eigenvalue weighted by Crippen LogP contribution is -2.32. The summed E-state index contributed by atoms with van der Waals surface area (Å²) in [5.74, 6) is 0.774. The van der Waals surface area contributed by atoms with Crippen LogP contribution < -0.4 is 4.74 Å². The van der Waals surface area contributed by atoms with Crippen LogP contribution in [-0.4, -0.2) is 12.3 Å². The van der Waals surface area contributed by atoms with E-state index >= 15 is 0 Å². The maximum Gasteiger partial charge on any atom is 0.514 e. The third kappa shape index (κ3) is 3.32. The molecule has 0 heterocycles. The van der Waals surface area contributed by atoms with Gasteiger partial charge in [0.05, 0.1) is 0 Å². The first-order valence-corrected chi connectivity index (χ1v) is 9.29. The van der Waals surface area contributed by atoms with Crippen molar-refractivity contribution in [3.8, 4) is 5.75 Å². The highest BCUT2D eigenvalue weighted by atomic mass is 16.7. The number of rotatable bonds is 2. The molecule has 0 amide bonds. The second-order valence-electron chi connectivity index (χ2n) is 7.75. The van der Waals surface area contributed by atoms with Gasteiger partial charge in [-0.1, -0.05) is 12.5 Å². The van der Waals surface area contributed by atoms with Crippen LogP contribution in [0.15, 0.2) is 22.3 Å². The average molecular weight is 357 g/mol. The molecule has 0 aliphatic heterocycles. The minimum absolute atomic E-state index is 0.148. The van der Waals surface area contributed by atoms with Crippen LogP contribution in [0.2, 0.25) is 0 Å². The fourth-order valence-corrected chi connectivity index (χ4v) is 3.77. The molecule has 1 aliphatic rings. The molecule has 1 aromatic rings. The summed E-state index contributed by atoms with van der Waals surface area (Å²) in [5.41, 5.74) is 10.4. The number of benzene rings is 1. The van der Waals surface area contributed by atoms with Crippen molar-refractivity contribution in [1.82, 2.24) is 0 Å². The zero-order chi connectivity index (χ0) is 19.9. The van der Waals surface area contributed by atoms with Crippen LogP contribution in [0.5, 0.6) is 5.75 Å². The summed E-state index contributed by atoms with van der Waals surface area (Å²) in [6, 6.07) is 0. The number of carbonyl (C=O) groups excluding carboxylic acids is 1. The van der Waals surface area contributed by atoms with Gasteiger partial charge in [-0.25, -0.2) is 4.79 Å². The van der Waals surface area contributed by atoms with Crippen LogP contribution in [0.25, 0.3) is 0 Å². The van der Waals surface area contributed by atoms with E-state index in [-0.39, 0.29) is 12.0 Å². The van der Waals surface area contributed by atoms with Crippen LogP contribution in [0.1, 0.15) is 62.4 Å². The van der Waals surface area contributed by atoms with E-state index < -0.39 is 6.16 Å². The van der Waals surface area contributed by atoms with Crippen molar-refractivity contribution in [1.29, 1.82) is 0 Å². The highest BCUT2D eigenvalue weighted by Gasteiger charge is 2.32. The van der Waals surface area contributed by atoms with Crippen molar-refractivity contribution in [2.75, 3.05) is 0 Å². The minimum Gasteiger partial charge on any atom is -0.425 e.